The molecule has 23 heavy (non-hydrogen) atoms. The molecule has 2 aliphatic rings. The van der Waals surface area contributed by atoms with E-state index >= 15 is 0 Å². The summed E-state index contributed by atoms with van der Waals surface area (Å²) >= 11 is 6.53. The van der Waals surface area contributed by atoms with Gasteiger partial charge in [-0.15, -0.1) is 11.6 Å². The Bertz CT molecular complexity index is 599. The SMILES string of the molecule is N#Cc1ccc(C(Cl)CN2CC3CC(C2)CN(C(=O)[O-])C3)cc1. The molecule has 1 aromatic rings. The smallest absolute Gasteiger partial charge is 0.136 e. The average Bonchev–Trinajstić information content (AvgIpc) is 2.54. The van der Waals surface area contributed by atoms with Crippen molar-refractivity contribution in [1.82, 2.24) is 9.80 Å². The molecule has 5 nitrogen and oxygen atoms in total. The van der Waals surface area contributed by atoms with Gasteiger partial charge >= 0.3 is 0 Å². The maximum atomic E-state index is 11.0. The molecule has 0 saturated carbocycles. The van der Waals surface area contributed by atoms with Crippen LogP contribution in [0.3, 0.4) is 0 Å². The summed E-state index contributed by atoms with van der Waals surface area (Å²) in [6.45, 7) is 3.63. The Morgan fingerprint density at radius 1 is 1.26 bits per heavy atom. The number of nitrogens with zero attached hydrogens (tertiary/aromatic N) is 3. The minimum absolute atomic E-state index is 0.126. The number of rotatable bonds is 3. The molecule has 2 aliphatic heterocycles. The molecule has 2 fully saturated rings. The maximum absolute atomic E-state index is 11.0. The lowest BCUT2D eigenvalue weighted by molar-refractivity contribution is -0.268. The van der Waals surface area contributed by atoms with Crippen LogP contribution in [0, 0.1) is 23.2 Å². The van der Waals surface area contributed by atoms with E-state index in [0.717, 1.165) is 31.6 Å². The highest BCUT2D eigenvalue weighted by atomic mass is 35.5. The van der Waals surface area contributed by atoms with Crippen LogP contribution in [0.2, 0.25) is 0 Å². The summed E-state index contributed by atoms with van der Waals surface area (Å²) in [5, 5.41) is 19.8. The molecule has 0 N–H and O–H groups in total. The van der Waals surface area contributed by atoms with Crippen LogP contribution in [0.4, 0.5) is 4.79 Å². The minimum Gasteiger partial charge on any atom is -0.530 e. The molecular weight excluding hydrogens is 314 g/mol. The number of hydrogen-bond acceptors (Lipinski definition) is 4. The Kier molecular flexibility index (Phi) is 4.74. The summed E-state index contributed by atoms with van der Waals surface area (Å²) in [7, 11) is 0. The lowest BCUT2D eigenvalue weighted by atomic mass is 9.84. The molecule has 0 radical (unpaired) electrons. The number of fused-ring (bicyclic) bond motifs is 2. The topological polar surface area (TPSA) is 70.4 Å². The van der Waals surface area contributed by atoms with Gasteiger partial charge in [-0.2, -0.15) is 5.26 Å². The molecule has 1 amide bonds. The van der Waals surface area contributed by atoms with Crippen LogP contribution in [-0.2, 0) is 0 Å². The molecule has 2 heterocycles. The van der Waals surface area contributed by atoms with Crippen LogP contribution in [0.5, 0.6) is 0 Å². The molecule has 0 spiro atoms. The van der Waals surface area contributed by atoms with Gasteiger partial charge in [0.15, 0.2) is 0 Å². The van der Waals surface area contributed by atoms with E-state index < -0.39 is 6.09 Å². The highest BCUT2D eigenvalue weighted by Gasteiger charge is 2.34. The first-order valence-electron chi connectivity index (χ1n) is 7.87. The van der Waals surface area contributed by atoms with Crippen molar-refractivity contribution in [3.05, 3.63) is 35.4 Å². The second kappa shape index (κ2) is 6.77. The van der Waals surface area contributed by atoms with Crippen molar-refractivity contribution in [3.63, 3.8) is 0 Å². The number of carbonyl (C=O) groups is 1. The summed E-state index contributed by atoms with van der Waals surface area (Å²) in [5.41, 5.74) is 1.64. The van der Waals surface area contributed by atoms with Crippen molar-refractivity contribution in [1.29, 1.82) is 5.26 Å². The fourth-order valence-corrected chi connectivity index (χ4v) is 4.13. The first kappa shape index (κ1) is 16.1. The number of hydrogen-bond donors (Lipinski definition) is 0. The summed E-state index contributed by atoms with van der Waals surface area (Å²) in [5.74, 6) is 0.732. The fourth-order valence-electron chi connectivity index (χ4n) is 3.78. The van der Waals surface area contributed by atoms with Gasteiger partial charge in [0.25, 0.3) is 0 Å². The highest BCUT2D eigenvalue weighted by Crippen LogP contribution is 2.31. The van der Waals surface area contributed by atoms with Crippen molar-refractivity contribution >= 4 is 17.7 Å². The Balaban J connectivity index is 1.59. The molecule has 2 saturated heterocycles. The molecule has 122 valence electrons. The van der Waals surface area contributed by atoms with Gasteiger partial charge in [0, 0.05) is 32.7 Å². The maximum Gasteiger partial charge on any atom is 0.136 e. The van der Waals surface area contributed by atoms with E-state index in [0.29, 0.717) is 30.5 Å². The van der Waals surface area contributed by atoms with Crippen LogP contribution < -0.4 is 5.11 Å². The second-order valence-electron chi connectivity index (χ2n) is 6.56. The van der Waals surface area contributed by atoms with Crippen LogP contribution in [0.15, 0.2) is 24.3 Å². The summed E-state index contributed by atoms with van der Waals surface area (Å²) in [4.78, 5) is 14.8. The molecular formula is C17H19ClN3O2-. The molecule has 1 aromatic carbocycles. The number of carboxylic acid groups (broad SMARTS) is 1. The van der Waals surface area contributed by atoms with Gasteiger partial charge < -0.3 is 19.7 Å². The van der Waals surface area contributed by atoms with Gasteiger partial charge in [-0.25, -0.2) is 0 Å². The Labute approximate surface area is 141 Å². The monoisotopic (exact) mass is 332 g/mol. The molecule has 0 aromatic heterocycles. The molecule has 3 unspecified atom stereocenters. The number of alkyl halides is 1. The predicted molar refractivity (Wildman–Crippen MR) is 84.8 cm³/mol. The van der Waals surface area contributed by atoms with Crippen LogP contribution in [0.25, 0.3) is 0 Å². The van der Waals surface area contributed by atoms with Gasteiger partial charge in [-0.05, 0) is 36.0 Å². The number of benzene rings is 1. The molecule has 3 rings (SSSR count). The first-order chi connectivity index (χ1) is 11.0. The van der Waals surface area contributed by atoms with E-state index in [1.807, 2.05) is 12.1 Å². The Hall–Kier alpha value is -1.77. The zero-order valence-electron chi connectivity index (χ0n) is 12.8. The van der Waals surface area contributed by atoms with E-state index in [2.05, 4.69) is 11.0 Å². The molecule has 3 atom stereocenters. The quantitative estimate of drug-likeness (QED) is 0.785. The van der Waals surface area contributed by atoms with E-state index in [1.54, 1.807) is 12.1 Å². The zero-order valence-corrected chi connectivity index (χ0v) is 13.6. The number of nitriles is 1. The van der Waals surface area contributed by atoms with Crippen molar-refractivity contribution in [2.24, 2.45) is 11.8 Å². The Morgan fingerprint density at radius 3 is 2.39 bits per heavy atom. The van der Waals surface area contributed by atoms with E-state index in [9.17, 15) is 9.90 Å². The average molecular weight is 333 g/mol. The first-order valence-corrected chi connectivity index (χ1v) is 8.31. The molecule has 0 aliphatic carbocycles. The van der Waals surface area contributed by atoms with Crippen molar-refractivity contribution < 1.29 is 9.90 Å². The number of amides is 1. The third-order valence-electron chi connectivity index (χ3n) is 4.73. The van der Waals surface area contributed by atoms with Crippen LogP contribution >= 0.6 is 11.6 Å². The standard InChI is InChI=1S/C17H20ClN3O2/c18-16(15-3-1-12(6-19)2-4-15)11-20-7-13-5-14(8-20)10-21(9-13)17(22)23/h1-4,13-14,16H,5,7-11H2,(H,22,23)/p-1. The summed E-state index contributed by atoms with van der Waals surface area (Å²) < 4.78 is 0. The highest BCUT2D eigenvalue weighted by molar-refractivity contribution is 6.21. The van der Waals surface area contributed by atoms with Crippen molar-refractivity contribution in [2.75, 3.05) is 32.7 Å². The molecule has 6 heteroatoms. The number of carbonyl (C=O) groups excluding carboxylic acids is 1. The Morgan fingerprint density at radius 2 is 1.87 bits per heavy atom. The largest absolute Gasteiger partial charge is 0.530 e. The second-order valence-corrected chi connectivity index (χ2v) is 7.09. The third kappa shape index (κ3) is 3.77. The zero-order chi connectivity index (χ0) is 16.4. The van der Waals surface area contributed by atoms with E-state index in [4.69, 9.17) is 16.9 Å². The predicted octanol–water partition coefficient (Wildman–Crippen LogP) is 1.44. The van der Waals surface area contributed by atoms with E-state index in [1.165, 1.54) is 4.90 Å². The lowest BCUT2D eigenvalue weighted by Crippen LogP contribution is -2.56. The summed E-state index contributed by atoms with van der Waals surface area (Å²) in [6, 6.07) is 9.48. The minimum atomic E-state index is -1.05. The summed E-state index contributed by atoms with van der Waals surface area (Å²) in [6.07, 6.45) is 0.0327. The van der Waals surface area contributed by atoms with Crippen molar-refractivity contribution in [2.45, 2.75) is 11.8 Å². The van der Waals surface area contributed by atoms with E-state index in [-0.39, 0.29) is 5.38 Å². The van der Waals surface area contributed by atoms with Crippen molar-refractivity contribution in [3.8, 4) is 6.07 Å². The number of halogens is 1. The fraction of sp³-hybridized carbons (Fsp3) is 0.529. The van der Waals surface area contributed by atoms with Crippen LogP contribution in [0.1, 0.15) is 22.9 Å². The van der Waals surface area contributed by atoms with Gasteiger partial charge in [-0.3, -0.25) is 0 Å². The van der Waals surface area contributed by atoms with Gasteiger partial charge in [0.2, 0.25) is 0 Å². The normalized spacial score (nSPS) is 25.7. The third-order valence-corrected chi connectivity index (χ3v) is 5.12. The van der Waals surface area contributed by atoms with Gasteiger partial charge in [0.05, 0.1) is 17.0 Å². The molecule has 2 bridgehead atoms. The van der Waals surface area contributed by atoms with Crippen LogP contribution in [-0.4, -0.2) is 48.6 Å². The number of likely N-dealkylation sites (tertiary alicyclic amines) is 2. The lowest BCUT2D eigenvalue weighted by Gasteiger charge is -2.47. The number of piperidine rings is 2. The van der Waals surface area contributed by atoms with Gasteiger partial charge in [-0.1, -0.05) is 12.1 Å². The van der Waals surface area contributed by atoms with Gasteiger partial charge in [0.1, 0.15) is 6.09 Å².